The number of ether oxygens (including phenoxy) is 2. The number of aliphatic carboxylic acids is 1. The maximum atomic E-state index is 15.3. The number of oxime groups is 1. The molecule has 5 rings (SSSR count). The average molecular weight is 528 g/mol. The number of Topliss-reactive ketones (excluding diaryl/α,β-unsaturated/α-hetero) is 1. The summed E-state index contributed by atoms with van der Waals surface area (Å²) in [5, 5.41) is 13.8. The highest BCUT2D eigenvalue weighted by atomic mass is 19.1. The van der Waals surface area contributed by atoms with Crippen LogP contribution in [0.4, 0.5) is 4.39 Å². The number of rotatable bonds is 8. The summed E-state index contributed by atoms with van der Waals surface area (Å²) in [5.41, 5.74) is 7.05. The first-order chi connectivity index (χ1) is 18.3. The normalized spacial score (nSPS) is 26.0. The standard InChI is InChI=1S/C26H30FN5O6/c1-36-17-5-6-22(37-2)14(7-17)13-38-30-21-12-31(10-15(21)9-28)25-20(27)8-18-23(33)19(26(34)35)11-32(16-3-4-16)24(18)29-25/h5-8,11,15-16,18,24H,3-4,9-10,12-13,28H2,1-2H3,(H,34,35)/b30-21-. The molecule has 1 aromatic rings. The minimum atomic E-state index is -1.32. The summed E-state index contributed by atoms with van der Waals surface area (Å²) >= 11 is 0. The van der Waals surface area contributed by atoms with Gasteiger partial charge in [-0.2, -0.15) is 0 Å². The first-order valence-corrected chi connectivity index (χ1v) is 12.4. The molecule has 3 N–H and O–H groups in total. The van der Waals surface area contributed by atoms with Gasteiger partial charge in [0.15, 0.2) is 17.4 Å². The van der Waals surface area contributed by atoms with Crippen molar-refractivity contribution in [3.63, 3.8) is 0 Å². The van der Waals surface area contributed by atoms with Crippen LogP contribution in [0.2, 0.25) is 0 Å². The lowest BCUT2D eigenvalue weighted by atomic mass is 9.88. The number of carboxylic acids is 1. The highest BCUT2D eigenvalue weighted by molar-refractivity contribution is 6.19. The second-order valence-electron chi connectivity index (χ2n) is 9.64. The monoisotopic (exact) mass is 527 g/mol. The molecule has 202 valence electrons. The van der Waals surface area contributed by atoms with Crippen LogP contribution < -0.4 is 15.2 Å². The maximum Gasteiger partial charge on any atom is 0.340 e. The molecule has 38 heavy (non-hydrogen) atoms. The predicted molar refractivity (Wildman–Crippen MR) is 135 cm³/mol. The van der Waals surface area contributed by atoms with Crippen LogP contribution in [0.1, 0.15) is 18.4 Å². The van der Waals surface area contributed by atoms with Crippen molar-refractivity contribution in [2.75, 3.05) is 33.9 Å². The number of likely N-dealkylation sites (tertiary alicyclic amines) is 1. The van der Waals surface area contributed by atoms with Gasteiger partial charge < -0.3 is 35.0 Å². The molecule has 1 saturated carbocycles. The predicted octanol–water partition coefficient (Wildman–Crippen LogP) is 1.69. The lowest BCUT2D eigenvalue weighted by Gasteiger charge is -2.39. The van der Waals surface area contributed by atoms with Gasteiger partial charge in [0, 0.05) is 36.8 Å². The Balaban J connectivity index is 1.35. The SMILES string of the molecule is COc1ccc(OC)c(CO/N=C2/CN(C3=NC4C(C=C3F)C(=O)C(C(=O)O)=CN4C3CC3)CC2CN)c1. The fourth-order valence-corrected chi connectivity index (χ4v) is 5.02. The number of ketones is 1. The molecular weight excluding hydrogens is 497 g/mol. The summed E-state index contributed by atoms with van der Waals surface area (Å²) in [5.74, 6) is -2.39. The molecule has 0 amide bonds. The number of nitrogens with two attached hydrogens (primary N) is 1. The number of amidine groups is 1. The van der Waals surface area contributed by atoms with Gasteiger partial charge in [0.2, 0.25) is 0 Å². The van der Waals surface area contributed by atoms with Gasteiger partial charge in [0.05, 0.1) is 32.4 Å². The van der Waals surface area contributed by atoms with E-state index >= 15 is 4.39 Å². The molecule has 3 atom stereocenters. The fraction of sp³-hybridized carbons (Fsp3) is 0.462. The van der Waals surface area contributed by atoms with E-state index < -0.39 is 29.7 Å². The summed E-state index contributed by atoms with van der Waals surface area (Å²) in [6, 6.07) is 5.45. The lowest BCUT2D eigenvalue weighted by molar-refractivity contribution is -0.136. The fourth-order valence-electron chi connectivity index (χ4n) is 5.02. The average Bonchev–Trinajstić information content (AvgIpc) is 3.68. The van der Waals surface area contributed by atoms with Gasteiger partial charge >= 0.3 is 5.97 Å². The van der Waals surface area contributed by atoms with Gasteiger partial charge in [-0.05, 0) is 37.1 Å². The smallest absolute Gasteiger partial charge is 0.340 e. The first kappa shape index (κ1) is 25.7. The minimum absolute atomic E-state index is 0.0824. The second kappa shape index (κ2) is 10.4. The van der Waals surface area contributed by atoms with Gasteiger partial charge in [-0.3, -0.25) is 4.79 Å². The van der Waals surface area contributed by atoms with Gasteiger partial charge in [-0.25, -0.2) is 14.2 Å². The van der Waals surface area contributed by atoms with Crippen LogP contribution in [0.15, 0.2) is 52.0 Å². The van der Waals surface area contributed by atoms with E-state index in [1.807, 2.05) is 0 Å². The third kappa shape index (κ3) is 4.83. The number of carboxylic acid groups (broad SMARTS) is 1. The molecule has 4 aliphatic rings. The summed E-state index contributed by atoms with van der Waals surface area (Å²) in [6.45, 7) is 1.05. The largest absolute Gasteiger partial charge is 0.497 e. The third-order valence-corrected chi connectivity index (χ3v) is 7.20. The van der Waals surface area contributed by atoms with E-state index in [4.69, 9.17) is 20.0 Å². The first-order valence-electron chi connectivity index (χ1n) is 12.4. The number of hydrogen-bond acceptors (Lipinski definition) is 10. The Morgan fingerprint density at radius 3 is 2.74 bits per heavy atom. The zero-order chi connectivity index (χ0) is 27.0. The molecule has 3 aliphatic heterocycles. The molecule has 2 fully saturated rings. The van der Waals surface area contributed by atoms with Crippen molar-refractivity contribution in [3.05, 3.63) is 47.4 Å². The molecule has 3 heterocycles. The van der Waals surface area contributed by atoms with E-state index in [2.05, 4.69) is 10.1 Å². The topological polar surface area (TPSA) is 139 Å². The molecule has 1 saturated heterocycles. The van der Waals surface area contributed by atoms with Crippen molar-refractivity contribution >= 4 is 23.3 Å². The van der Waals surface area contributed by atoms with Crippen molar-refractivity contribution in [1.29, 1.82) is 0 Å². The Bertz CT molecular complexity index is 1260. The lowest BCUT2D eigenvalue weighted by Crippen LogP contribution is -2.49. The number of halogens is 1. The van der Waals surface area contributed by atoms with Crippen molar-refractivity contribution in [2.24, 2.45) is 27.7 Å². The molecular formula is C26H30FN5O6. The van der Waals surface area contributed by atoms with Crippen molar-refractivity contribution in [2.45, 2.75) is 31.7 Å². The van der Waals surface area contributed by atoms with E-state index in [1.165, 1.54) is 12.3 Å². The van der Waals surface area contributed by atoms with Crippen LogP contribution in [0.25, 0.3) is 0 Å². The number of carbonyl (C=O) groups is 2. The quantitative estimate of drug-likeness (QED) is 0.382. The maximum absolute atomic E-state index is 15.3. The minimum Gasteiger partial charge on any atom is -0.497 e. The number of fused-ring (bicyclic) bond motifs is 1. The van der Waals surface area contributed by atoms with E-state index in [-0.39, 0.29) is 43.1 Å². The van der Waals surface area contributed by atoms with Crippen molar-refractivity contribution < 1.29 is 33.4 Å². The van der Waals surface area contributed by atoms with Gasteiger partial charge in [-0.1, -0.05) is 5.16 Å². The van der Waals surface area contributed by atoms with Gasteiger partial charge in [-0.15, -0.1) is 0 Å². The summed E-state index contributed by atoms with van der Waals surface area (Å²) in [7, 11) is 3.14. The number of dihydropyridines is 1. The number of aliphatic imine (C=N–C) groups is 1. The molecule has 0 bridgehead atoms. The van der Waals surface area contributed by atoms with Crippen LogP contribution in [0, 0.1) is 11.8 Å². The van der Waals surface area contributed by atoms with Crippen molar-refractivity contribution in [1.82, 2.24) is 9.80 Å². The van der Waals surface area contributed by atoms with E-state index in [0.717, 1.165) is 18.4 Å². The molecule has 1 aromatic carbocycles. The van der Waals surface area contributed by atoms with Gasteiger partial charge in [0.1, 0.15) is 29.8 Å². The summed E-state index contributed by atoms with van der Waals surface area (Å²) < 4.78 is 26.0. The van der Waals surface area contributed by atoms with Crippen LogP contribution >= 0.6 is 0 Å². The van der Waals surface area contributed by atoms with Crippen LogP contribution in [0.5, 0.6) is 11.5 Å². The number of carbonyl (C=O) groups excluding carboxylic acids is 1. The molecule has 11 nitrogen and oxygen atoms in total. The molecule has 12 heteroatoms. The number of hydrogen-bond donors (Lipinski definition) is 2. The Kier molecular flexibility index (Phi) is 7.06. The van der Waals surface area contributed by atoms with Gasteiger partial charge in [0.25, 0.3) is 0 Å². The van der Waals surface area contributed by atoms with Crippen LogP contribution in [-0.4, -0.2) is 84.3 Å². The Morgan fingerprint density at radius 1 is 1.29 bits per heavy atom. The summed E-state index contributed by atoms with van der Waals surface area (Å²) in [4.78, 5) is 38.2. The zero-order valence-corrected chi connectivity index (χ0v) is 21.2. The summed E-state index contributed by atoms with van der Waals surface area (Å²) in [6.07, 6.45) is 3.59. The number of nitrogens with zero attached hydrogens (tertiary/aromatic N) is 4. The van der Waals surface area contributed by atoms with Crippen LogP contribution in [-0.2, 0) is 21.0 Å². The second-order valence-corrected chi connectivity index (χ2v) is 9.64. The van der Waals surface area contributed by atoms with Crippen LogP contribution in [0.3, 0.4) is 0 Å². The van der Waals surface area contributed by atoms with E-state index in [0.29, 0.717) is 23.8 Å². The third-order valence-electron chi connectivity index (χ3n) is 7.20. The highest BCUT2D eigenvalue weighted by Crippen LogP contribution is 2.39. The Morgan fingerprint density at radius 2 is 2.08 bits per heavy atom. The van der Waals surface area contributed by atoms with E-state index in [1.54, 1.807) is 42.2 Å². The van der Waals surface area contributed by atoms with Crippen molar-refractivity contribution in [3.8, 4) is 11.5 Å². The Labute approximate surface area is 219 Å². The Hall–Kier alpha value is -3.93. The highest BCUT2D eigenvalue weighted by Gasteiger charge is 2.47. The molecule has 0 radical (unpaired) electrons. The molecule has 3 unspecified atom stereocenters. The molecule has 0 spiro atoms. The van der Waals surface area contributed by atoms with E-state index in [9.17, 15) is 14.7 Å². The number of methoxy groups -OCH3 is 2. The zero-order valence-electron chi connectivity index (χ0n) is 21.2. The number of benzene rings is 1. The molecule has 0 aromatic heterocycles. The molecule has 1 aliphatic carbocycles.